The van der Waals surface area contributed by atoms with Gasteiger partial charge in [0.2, 0.25) is 11.2 Å². The van der Waals surface area contributed by atoms with Gasteiger partial charge in [-0.3, -0.25) is 0 Å². The first-order valence-electron chi connectivity index (χ1n) is 10.1. The number of halogens is 2. The Labute approximate surface area is 195 Å². The Morgan fingerprint density at radius 3 is 2.52 bits per heavy atom. The number of ether oxygens (including phenoxy) is 1. The number of hydrogen-bond acceptors (Lipinski definition) is 6. The number of nitrogens with zero attached hydrogens (tertiary/aromatic N) is 5. The van der Waals surface area contributed by atoms with Crippen LogP contribution in [-0.2, 0) is 11.8 Å². The molecule has 0 atom stereocenters. The smallest absolute Gasteiger partial charge is 0.421 e. The highest BCUT2D eigenvalue weighted by Gasteiger charge is 2.28. The van der Waals surface area contributed by atoms with Crippen LogP contribution in [0, 0.1) is 5.82 Å². The summed E-state index contributed by atoms with van der Waals surface area (Å²) in [7, 11) is 1.79. The van der Waals surface area contributed by atoms with Crippen molar-refractivity contribution in [2.24, 2.45) is 7.05 Å². The van der Waals surface area contributed by atoms with Crippen molar-refractivity contribution in [3.63, 3.8) is 0 Å². The molecule has 2 aromatic heterocycles. The second kappa shape index (κ2) is 8.67. The maximum atomic E-state index is 13.5. The number of nitrogens with one attached hydrogen (secondary N) is 1. The van der Waals surface area contributed by atoms with E-state index in [1.807, 2.05) is 18.2 Å². The number of aromatic nitrogens is 4. The van der Waals surface area contributed by atoms with Crippen molar-refractivity contribution in [3.05, 3.63) is 65.8 Å². The van der Waals surface area contributed by atoms with Gasteiger partial charge in [0.1, 0.15) is 17.2 Å². The number of imidazole rings is 1. The van der Waals surface area contributed by atoms with Gasteiger partial charge < -0.3 is 14.6 Å². The molecule has 2 aromatic carbocycles. The molecule has 0 aliphatic carbocycles. The fourth-order valence-corrected chi connectivity index (χ4v) is 3.36. The lowest BCUT2D eigenvalue weighted by Crippen LogP contribution is -2.35. The molecule has 0 aliphatic heterocycles. The summed E-state index contributed by atoms with van der Waals surface area (Å²) in [6.45, 7) is 5.33. The quantitative estimate of drug-likeness (QED) is 0.371. The number of carbonyl (C=O) groups excluding carboxylic acids is 1. The Balaban J connectivity index is 1.76. The Bertz CT molecular complexity index is 1320. The van der Waals surface area contributed by atoms with Gasteiger partial charge in [-0.05, 0) is 80.9 Å². The van der Waals surface area contributed by atoms with Gasteiger partial charge >= 0.3 is 6.09 Å². The summed E-state index contributed by atoms with van der Waals surface area (Å²) in [5, 5.41) is 3.29. The molecule has 10 heteroatoms. The number of carbonyl (C=O) groups is 1. The van der Waals surface area contributed by atoms with Gasteiger partial charge in [-0.25, -0.2) is 29.0 Å². The third-order valence-corrected chi connectivity index (χ3v) is 4.80. The SMILES string of the molecule is Cn1c(N(C(=O)OC(C)(C)C)c2ccc(F)cc2)nc2cc(Nc3ccnc(Cl)n3)ccc21. The van der Waals surface area contributed by atoms with Crippen molar-refractivity contribution in [2.75, 3.05) is 10.2 Å². The van der Waals surface area contributed by atoms with E-state index in [0.29, 0.717) is 23.0 Å². The number of rotatable bonds is 4. The second-order valence-corrected chi connectivity index (χ2v) is 8.64. The summed E-state index contributed by atoms with van der Waals surface area (Å²) < 4.78 is 20.9. The molecule has 4 aromatic rings. The van der Waals surface area contributed by atoms with Crippen LogP contribution in [0.25, 0.3) is 11.0 Å². The van der Waals surface area contributed by atoms with Crippen molar-refractivity contribution in [3.8, 4) is 0 Å². The maximum Gasteiger partial charge on any atom is 0.421 e. The lowest BCUT2D eigenvalue weighted by molar-refractivity contribution is 0.0596. The van der Waals surface area contributed by atoms with Gasteiger partial charge in [0, 0.05) is 18.9 Å². The normalized spacial score (nSPS) is 11.5. The molecular weight excluding hydrogens is 447 g/mol. The molecule has 0 saturated heterocycles. The van der Waals surface area contributed by atoms with Crippen molar-refractivity contribution in [2.45, 2.75) is 26.4 Å². The first-order chi connectivity index (χ1) is 15.6. The molecule has 4 rings (SSSR count). The molecule has 0 unspecified atom stereocenters. The summed E-state index contributed by atoms with van der Waals surface area (Å²) in [4.78, 5) is 27.1. The Morgan fingerprint density at radius 1 is 1.12 bits per heavy atom. The number of aryl methyl sites for hydroxylation is 1. The molecule has 0 bridgehead atoms. The third kappa shape index (κ3) is 5.04. The minimum absolute atomic E-state index is 0.133. The van der Waals surface area contributed by atoms with Crippen LogP contribution in [0.15, 0.2) is 54.7 Å². The van der Waals surface area contributed by atoms with Crippen LogP contribution in [0.1, 0.15) is 20.8 Å². The summed E-state index contributed by atoms with van der Waals surface area (Å²) in [5.74, 6) is 0.453. The maximum absolute atomic E-state index is 13.5. The standard InChI is InChI=1S/C23H22ClFN6O2/c1-23(2,3)33-22(32)31(16-8-5-14(25)6-9-16)21-28-17-13-15(7-10-18(17)30(21)4)27-19-11-12-26-20(24)29-19/h5-13H,1-4H3,(H,26,27,29). The molecule has 0 spiro atoms. The number of fused-ring (bicyclic) bond motifs is 1. The molecule has 1 N–H and O–H groups in total. The van der Waals surface area contributed by atoms with E-state index in [4.69, 9.17) is 16.3 Å². The van der Waals surface area contributed by atoms with Gasteiger partial charge in [0.05, 0.1) is 16.7 Å². The van der Waals surface area contributed by atoms with E-state index >= 15 is 0 Å². The first kappa shape index (κ1) is 22.5. The minimum Gasteiger partial charge on any atom is -0.443 e. The zero-order valence-corrected chi connectivity index (χ0v) is 19.3. The van der Waals surface area contributed by atoms with Crippen LogP contribution >= 0.6 is 11.6 Å². The van der Waals surface area contributed by atoms with Gasteiger partial charge in [-0.15, -0.1) is 0 Å². The van der Waals surface area contributed by atoms with Gasteiger partial charge in [-0.1, -0.05) is 0 Å². The van der Waals surface area contributed by atoms with Crippen LogP contribution in [-0.4, -0.2) is 31.2 Å². The Hall–Kier alpha value is -3.72. The van der Waals surface area contributed by atoms with E-state index in [1.165, 1.54) is 29.2 Å². The highest BCUT2D eigenvalue weighted by molar-refractivity contribution is 6.28. The van der Waals surface area contributed by atoms with E-state index in [2.05, 4.69) is 20.3 Å². The van der Waals surface area contributed by atoms with Crippen LogP contribution < -0.4 is 10.2 Å². The molecule has 0 aliphatic rings. The molecule has 170 valence electrons. The van der Waals surface area contributed by atoms with Crippen molar-refractivity contribution < 1.29 is 13.9 Å². The fourth-order valence-electron chi connectivity index (χ4n) is 3.22. The summed E-state index contributed by atoms with van der Waals surface area (Å²) >= 11 is 5.86. The first-order valence-corrected chi connectivity index (χ1v) is 10.5. The number of anilines is 4. The van der Waals surface area contributed by atoms with Gasteiger partial charge in [0.15, 0.2) is 0 Å². The topological polar surface area (TPSA) is 85.2 Å². The molecule has 8 nitrogen and oxygen atoms in total. The molecule has 0 fully saturated rings. The molecule has 0 radical (unpaired) electrons. The van der Waals surface area contributed by atoms with Crippen molar-refractivity contribution in [1.29, 1.82) is 0 Å². The number of amides is 1. The predicted molar refractivity (Wildman–Crippen MR) is 126 cm³/mol. The number of hydrogen-bond donors (Lipinski definition) is 1. The van der Waals surface area contributed by atoms with Crippen LogP contribution in [0.3, 0.4) is 0 Å². The van der Waals surface area contributed by atoms with Crippen LogP contribution in [0.4, 0.5) is 32.3 Å². The second-order valence-electron chi connectivity index (χ2n) is 8.30. The van der Waals surface area contributed by atoms with E-state index < -0.39 is 17.5 Å². The largest absolute Gasteiger partial charge is 0.443 e. The van der Waals surface area contributed by atoms with Crippen LogP contribution in [0.5, 0.6) is 0 Å². The predicted octanol–water partition coefficient (Wildman–Crippen LogP) is 5.97. The Morgan fingerprint density at radius 2 is 1.85 bits per heavy atom. The molecule has 2 heterocycles. The Kier molecular flexibility index (Phi) is 5.90. The van der Waals surface area contributed by atoms with Gasteiger partial charge in [-0.2, -0.15) is 0 Å². The van der Waals surface area contributed by atoms with E-state index in [0.717, 1.165) is 11.2 Å². The highest BCUT2D eigenvalue weighted by Crippen LogP contribution is 2.31. The van der Waals surface area contributed by atoms with Crippen LogP contribution in [0.2, 0.25) is 5.28 Å². The highest BCUT2D eigenvalue weighted by atomic mass is 35.5. The average Bonchev–Trinajstić information content (AvgIpc) is 3.04. The monoisotopic (exact) mass is 468 g/mol. The molecule has 33 heavy (non-hydrogen) atoms. The summed E-state index contributed by atoms with van der Waals surface area (Å²) in [6, 6.07) is 12.8. The van der Waals surface area contributed by atoms with Crippen molar-refractivity contribution in [1.82, 2.24) is 19.5 Å². The third-order valence-electron chi connectivity index (χ3n) is 4.62. The molecular formula is C23H22ClFN6O2. The summed E-state index contributed by atoms with van der Waals surface area (Å²) in [6.07, 6.45) is 0.928. The van der Waals surface area contributed by atoms with E-state index in [9.17, 15) is 9.18 Å². The van der Waals surface area contributed by atoms with E-state index in [1.54, 1.807) is 44.6 Å². The zero-order chi connectivity index (χ0) is 23.8. The zero-order valence-electron chi connectivity index (χ0n) is 18.5. The fraction of sp³-hybridized carbons (Fsp3) is 0.217. The minimum atomic E-state index is -0.726. The number of benzene rings is 2. The molecule has 1 amide bonds. The lowest BCUT2D eigenvalue weighted by Gasteiger charge is -2.26. The summed E-state index contributed by atoms with van der Waals surface area (Å²) in [5.41, 5.74) is 1.85. The lowest BCUT2D eigenvalue weighted by atomic mass is 10.2. The average molecular weight is 469 g/mol. The van der Waals surface area contributed by atoms with Gasteiger partial charge in [0.25, 0.3) is 0 Å². The van der Waals surface area contributed by atoms with E-state index in [-0.39, 0.29) is 5.28 Å². The molecule has 0 saturated carbocycles. The van der Waals surface area contributed by atoms with Crippen molar-refractivity contribution >= 4 is 51.9 Å².